The Bertz CT molecular complexity index is 3280. The number of hydrogen-bond donors (Lipinski definition) is 0. The maximum atomic E-state index is 13.7. The molecule has 0 saturated heterocycles. The molecular formula is C51H29F6N3S2. The van der Waals surface area contributed by atoms with E-state index < -0.39 is 23.5 Å². The van der Waals surface area contributed by atoms with Gasteiger partial charge in [0.05, 0.1) is 11.1 Å². The smallest absolute Gasteiger partial charge is 0.310 e. The molecule has 0 unspecified atom stereocenters. The standard InChI is InChI=1S/C51H29F6N3S2/c52-50(53,54)32-9-13-34(14-10-32)59(38-19-23-43-42-4-1-2-6-46(42)61-47(43)28-38)36-17-21-40-30(26-36)7-8-31-27-37(18-22-41(31)40)60(35-15-11-33(12-16-35)51(55,56)57)39-20-24-44-45-5-3-25-58-49(45)62-48(44)29-39/h1-29H. The number of pyridine rings is 1. The van der Waals surface area contributed by atoms with Gasteiger partial charge in [0, 0.05) is 76.0 Å². The van der Waals surface area contributed by atoms with Crippen LogP contribution in [0.4, 0.5) is 60.5 Å². The maximum Gasteiger partial charge on any atom is 0.416 e. The predicted octanol–water partition coefficient (Wildman–Crippen LogP) is 17.1. The first-order valence-corrected chi connectivity index (χ1v) is 21.2. The summed E-state index contributed by atoms with van der Waals surface area (Å²) in [5.41, 5.74) is 2.82. The summed E-state index contributed by atoms with van der Waals surface area (Å²) in [4.78, 5) is 9.37. The number of rotatable bonds is 6. The van der Waals surface area contributed by atoms with Crippen molar-refractivity contribution < 1.29 is 26.3 Å². The van der Waals surface area contributed by atoms with Gasteiger partial charge in [0.2, 0.25) is 0 Å². The predicted molar refractivity (Wildman–Crippen MR) is 244 cm³/mol. The highest BCUT2D eigenvalue weighted by Gasteiger charge is 2.31. The van der Waals surface area contributed by atoms with Crippen LogP contribution in [0.15, 0.2) is 176 Å². The first kappa shape index (κ1) is 38.0. The van der Waals surface area contributed by atoms with E-state index in [0.29, 0.717) is 11.4 Å². The largest absolute Gasteiger partial charge is 0.416 e. The van der Waals surface area contributed by atoms with Crippen molar-refractivity contribution in [1.82, 2.24) is 4.98 Å². The lowest BCUT2D eigenvalue weighted by atomic mass is 9.99. The molecule has 0 N–H and O–H groups in total. The van der Waals surface area contributed by atoms with E-state index in [4.69, 9.17) is 0 Å². The number of hydrogen-bond acceptors (Lipinski definition) is 5. The minimum Gasteiger partial charge on any atom is -0.310 e. The van der Waals surface area contributed by atoms with Crippen LogP contribution in [0.5, 0.6) is 0 Å². The Morgan fingerprint density at radius 2 is 0.774 bits per heavy atom. The van der Waals surface area contributed by atoms with E-state index >= 15 is 0 Å². The van der Waals surface area contributed by atoms with Crippen LogP contribution in [-0.4, -0.2) is 4.98 Å². The molecular weight excluding hydrogens is 833 g/mol. The van der Waals surface area contributed by atoms with Gasteiger partial charge < -0.3 is 9.80 Å². The second-order valence-corrected chi connectivity index (χ2v) is 17.2. The number of aromatic nitrogens is 1. The second kappa shape index (κ2) is 14.3. The molecule has 0 aliphatic heterocycles. The van der Waals surface area contributed by atoms with Crippen molar-refractivity contribution in [2.24, 2.45) is 0 Å². The maximum absolute atomic E-state index is 13.7. The number of thiophene rings is 2. The number of anilines is 6. The summed E-state index contributed by atoms with van der Waals surface area (Å²) in [7, 11) is 0. The molecule has 302 valence electrons. The second-order valence-electron chi connectivity index (χ2n) is 15.1. The molecule has 0 amide bonds. The zero-order valence-corrected chi connectivity index (χ0v) is 33.8. The fraction of sp³-hybridized carbons (Fsp3) is 0.0392. The third kappa shape index (κ3) is 6.56. The Kier molecular flexibility index (Phi) is 8.78. The summed E-state index contributed by atoms with van der Waals surface area (Å²) >= 11 is 3.23. The van der Waals surface area contributed by atoms with Gasteiger partial charge in [-0.3, -0.25) is 0 Å². The van der Waals surface area contributed by atoms with Crippen LogP contribution in [0, 0.1) is 0 Å². The van der Waals surface area contributed by atoms with Gasteiger partial charge in [-0.25, -0.2) is 4.98 Å². The van der Waals surface area contributed by atoms with E-state index in [-0.39, 0.29) is 0 Å². The lowest BCUT2D eigenvalue weighted by Gasteiger charge is -2.27. The van der Waals surface area contributed by atoms with Crippen molar-refractivity contribution in [2.75, 3.05) is 9.80 Å². The van der Waals surface area contributed by atoms with Gasteiger partial charge in [0.1, 0.15) is 4.83 Å². The first-order chi connectivity index (χ1) is 30.0. The third-order valence-corrected chi connectivity index (χ3v) is 13.5. The van der Waals surface area contributed by atoms with Crippen LogP contribution in [0.25, 0.3) is 62.0 Å². The number of alkyl halides is 6. The number of benzene rings is 8. The summed E-state index contributed by atoms with van der Waals surface area (Å²) in [6, 6.07) is 50.9. The normalized spacial score (nSPS) is 12.4. The monoisotopic (exact) mass is 861 g/mol. The van der Waals surface area contributed by atoms with E-state index in [9.17, 15) is 26.3 Å². The molecule has 11 rings (SSSR count). The SMILES string of the molecule is FC(F)(F)c1ccc(N(c2ccc3c(ccc4cc(N(c5ccc(C(F)(F)F)cc5)c5ccc6c(c5)sc5ncccc56)ccc43)c2)c2ccc3c(c2)sc2ccccc23)cc1. The van der Waals surface area contributed by atoms with Crippen molar-refractivity contribution in [3.8, 4) is 0 Å². The van der Waals surface area contributed by atoms with Gasteiger partial charge >= 0.3 is 12.4 Å². The Balaban J connectivity index is 1.02. The third-order valence-electron chi connectivity index (χ3n) is 11.3. The van der Waals surface area contributed by atoms with Crippen LogP contribution >= 0.6 is 22.7 Å². The molecule has 0 radical (unpaired) electrons. The molecule has 3 nitrogen and oxygen atoms in total. The van der Waals surface area contributed by atoms with Gasteiger partial charge in [-0.1, -0.05) is 54.6 Å². The molecule has 0 atom stereocenters. The Hall–Kier alpha value is -6.95. The Morgan fingerprint density at radius 1 is 0.355 bits per heavy atom. The molecule has 0 fully saturated rings. The van der Waals surface area contributed by atoms with E-state index in [1.807, 2.05) is 107 Å². The molecule has 0 bridgehead atoms. The number of halogens is 6. The summed E-state index contributed by atoms with van der Waals surface area (Å²) in [6.45, 7) is 0. The van der Waals surface area contributed by atoms with Gasteiger partial charge in [-0.05, 0) is 137 Å². The summed E-state index contributed by atoms with van der Waals surface area (Å²) in [6.07, 6.45) is -7.19. The topological polar surface area (TPSA) is 19.4 Å². The molecule has 11 heteroatoms. The lowest BCUT2D eigenvalue weighted by molar-refractivity contribution is -0.138. The molecule has 8 aromatic carbocycles. The molecule has 62 heavy (non-hydrogen) atoms. The summed E-state index contributed by atoms with van der Waals surface area (Å²) < 4.78 is 85.3. The molecule has 11 aromatic rings. The highest BCUT2D eigenvalue weighted by Crippen LogP contribution is 2.45. The highest BCUT2D eigenvalue weighted by molar-refractivity contribution is 7.26. The Labute approximate surface area is 357 Å². The average Bonchev–Trinajstić information content (AvgIpc) is 3.84. The van der Waals surface area contributed by atoms with Crippen LogP contribution in [-0.2, 0) is 12.4 Å². The minimum atomic E-state index is -4.47. The Morgan fingerprint density at radius 3 is 1.31 bits per heavy atom. The molecule has 0 saturated carbocycles. The van der Waals surface area contributed by atoms with Crippen molar-refractivity contribution in [3.05, 3.63) is 187 Å². The van der Waals surface area contributed by atoms with Crippen LogP contribution in [0.2, 0.25) is 0 Å². The van der Waals surface area contributed by atoms with Crippen molar-refractivity contribution >= 4 is 119 Å². The van der Waals surface area contributed by atoms with Gasteiger partial charge in [-0.2, -0.15) is 26.3 Å². The zero-order valence-electron chi connectivity index (χ0n) is 32.2. The highest BCUT2D eigenvalue weighted by atomic mass is 32.1. The summed E-state index contributed by atoms with van der Waals surface area (Å²) in [5, 5.41) is 8.12. The van der Waals surface area contributed by atoms with Gasteiger partial charge in [-0.15, -0.1) is 22.7 Å². The quantitative estimate of drug-likeness (QED) is 0.123. The van der Waals surface area contributed by atoms with Crippen LogP contribution < -0.4 is 9.80 Å². The number of nitrogens with zero attached hydrogens (tertiary/aromatic N) is 3. The first-order valence-electron chi connectivity index (χ1n) is 19.6. The average molecular weight is 862 g/mol. The van der Waals surface area contributed by atoms with Gasteiger partial charge in [0.25, 0.3) is 0 Å². The fourth-order valence-corrected chi connectivity index (χ4v) is 10.6. The molecule has 3 heterocycles. The zero-order chi connectivity index (χ0) is 42.3. The molecule has 0 spiro atoms. The minimum absolute atomic E-state index is 0.568. The van der Waals surface area contributed by atoms with Crippen molar-refractivity contribution in [1.29, 1.82) is 0 Å². The number of fused-ring (bicyclic) bond motifs is 9. The van der Waals surface area contributed by atoms with Gasteiger partial charge in [0.15, 0.2) is 0 Å². The summed E-state index contributed by atoms with van der Waals surface area (Å²) in [5.74, 6) is 0. The fourth-order valence-electron chi connectivity index (χ4n) is 8.41. The van der Waals surface area contributed by atoms with Crippen LogP contribution in [0.3, 0.4) is 0 Å². The van der Waals surface area contributed by atoms with E-state index in [2.05, 4.69) is 29.2 Å². The molecule has 3 aromatic heterocycles. The lowest BCUT2D eigenvalue weighted by Crippen LogP contribution is -2.11. The molecule has 0 aliphatic rings. The van der Waals surface area contributed by atoms with E-state index in [0.717, 1.165) is 109 Å². The van der Waals surface area contributed by atoms with E-state index in [1.165, 1.54) is 24.3 Å². The van der Waals surface area contributed by atoms with E-state index in [1.54, 1.807) is 28.9 Å². The van der Waals surface area contributed by atoms with Crippen LogP contribution in [0.1, 0.15) is 11.1 Å². The van der Waals surface area contributed by atoms with Crippen molar-refractivity contribution in [3.63, 3.8) is 0 Å². The molecule has 0 aliphatic carbocycles. The van der Waals surface area contributed by atoms with Crippen molar-refractivity contribution in [2.45, 2.75) is 12.4 Å².